The van der Waals surface area contributed by atoms with E-state index in [0.29, 0.717) is 5.13 Å². The van der Waals surface area contributed by atoms with Gasteiger partial charge in [-0.3, -0.25) is 9.59 Å². The first-order valence-corrected chi connectivity index (χ1v) is 6.40. The van der Waals surface area contributed by atoms with Crippen LogP contribution in [0.3, 0.4) is 0 Å². The highest BCUT2D eigenvalue weighted by Crippen LogP contribution is 2.24. The number of thioether (sulfide) groups is 1. The average molecular weight is 261 g/mol. The zero-order valence-corrected chi connectivity index (χ0v) is 10.2. The minimum absolute atomic E-state index is 0.0504. The highest BCUT2D eigenvalue weighted by atomic mass is 32.2. The lowest BCUT2D eigenvalue weighted by Crippen LogP contribution is -2.12. The molecule has 0 radical (unpaired) electrons. The molecule has 88 valence electrons. The van der Waals surface area contributed by atoms with Crippen LogP contribution in [-0.2, 0) is 9.59 Å². The van der Waals surface area contributed by atoms with E-state index >= 15 is 0 Å². The minimum Gasteiger partial charge on any atom is -0.481 e. The predicted molar refractivity (Wildman–Crippen MR) is 61.8 cm³/mol. The third-order valence-corrected chi connectivity index (χ3v) is 3.34. The number of aromatic nitrogens is 2. The van der Waals surface area contributed by atoms with Gasteiger partial charge in [-0.1, -0.05) is 30.0 Å². The van der Waals surface area contributed by atoms with Gasteiger partial charge in [-0.05, 0) is 5.75 Å². The molecule has 0 bridgehead atoms. The van der Waals surface area contributed by atoms with E-state index < -0.39 is 5.97 Å². The molecule has 0 atom stereocenters. The Bertz CT molecular complexity index is 380. The number of carboxylic acids is 1. The van der Waals surface area contributed by atoms with Crippen LogP contribution < -0.4 is 5.32 Å². The molecule has 1 heterocycles. The van der Waals surface area contributed by atoms with Gasteiger partial charge in [0.25, 0.3) is 0 Å². The van der Waals surface area contributed by atoms with Gasteiger partial charge in [0, 0.05) is 6.42 Å². The monoisotopic (exact) mass is 261 g/mol. The number of hydrogen-bond acceptors (Lipinski definition) is 6. The first kappa shape index (κ1) is 12.9. The first-order chi connectivity index (χ1) is 7.61. The Morgan fingerprint density at radius 1 is 1.44 bits per heavy atom. The molecule has 0 fully saturated rings. The molecule has 0 saturated carbocycles. The normalized spacial score (nSPS) is 10.1. The number of carbonyl (C=O) groups is 2. The number of carboxylic acid groups (broad SMARTS) is 1. The summed E-state index contributed by atoms with van der Waals surface area (Å²) in [6.45, 7) is 2.00. The molecule has 2 N–H and O–H groups in total. The maximum atomic E-state index is 11.2. The molecule has 0 aliphatic heterocycles. The number of rotatable bonds is 6. The van der Waals surface area contributed by atoms with Crippen LogP contribution in [0.15, 0.2) is 4.34 Å². The summed E-state index contributed by atoms with van der Waals surface area (Å²) in [4.78, 5) is 21.5. The van der Waals surface area contributed by atoms with Gasteiger partial charge in [-0.25, -0.2) is 0 Å². The second-order valence-electron chi connectivity index (χ2n) is 2.75. The Hall–Kier alpha value is -1.15. The predicted octanol–water partition coefficient (Wildman–Crippen LogP) is 1.45. The lowest BCUT2D eigenvalue weighted by atomic mass is 10.3. The maximum absolute atomic E-state index is 11.2. The van der Waals surface area contributed by atoms with E-state index in [2.05, 4.69) is 15.5 Å². The van der Waals surface area contributed by atoms with Crippen LogP contribution >= 0.6 is 23.1 Å². The van der Waals surface area contributed by atoms with E-state index in [4.69, 9.17) is 5.11 Å². The van der Waals surface area contributed by atoms with Gasteiger partial charge in [0.15, 0.2) is 4.34 Å². The lowest BCUT2D eigenvalue weighted by Gasteiger charge is -1.97. The number of hydrogen-bond donors (Lipinski definition) is 2. The van der Waals surface area contributed by atoms with Gasteiger partial charge in [-0.2, -0.15) is 0 Å². The molecule has 1 aromatic heterocycles. The summed E-state index contributed by atoms with van der Waals surface area (Å²) < 4.78 is 0.788. The molecule has 0 unspecified atom stereocenters. The summed E-state index contributed by atoms with van der Waals surface area (Å²) in [5.74, 6) is -0.456. The van der Waals surface area contributed by atoms with E-state index in [1.54, 1.807) is 11.8 Å². The highest BCUT2D eigenvalue weighted by molar-refractivity contribution is 8.01. The Kier molecular flexibility index (Phi) is 5.20. The van der Waals surface area contributed by atoms with Crippen LogP contribution in [0.4, 0.5) is 5.13 Å². The Balaban J connectivity index is 2.40. The summed E-state index contributed by atoms with van der Waals surface area (Å²) in [5, 5.41) is 18.9. The number of nitrogens with one attached hydrogen (secondary N) is 1. The number of anilines is 1. The van der Waals surface area contributed by atoms with Crippen molar-refractivity contribution < 1.29 is 14.7 Å². The summed E-state index contributed by atoms with van der Waals surface area (Å²) >= 11 is 2.82. The first-order valence-electron chi connectivity index (χ1n) is 4.59. The molecule has 8 heteroatoms. The van der Waals surface area contributed by atoms with Crippen molar-refractivity contribution in [2.75, 3.05) is 11.1 Å². The summed E-state index contributed by atoms with van der Waals surface area (Å²) in [7, 11) is 0. The minimum atomic E-state index is -0.991. The van der Waals surface area contributed by atoms with Gasteiger partial charge in [-0.15, -0.1) is 10.2 Å². The van der Waals surface area contributed by atoms with Crippen molar-refractivity contribution in [3.05, 3.63) is 0 Å². The van der Waals surface area contributed by atoms with Crippen LogP contribution in [0, 0.1) is 0 Å². The molecule has 0 aliphatic carbocycles. The molecule has 1 rings (SSSR count). The van der Waals surface area contributed by atoms with Crippen molar-refractivity contribution in [1.82, 2.24) is 10.2 Å². The Morgan fingerprint density at radius 2 is 2.19 bits per heavy atom. The van der Waals surface area contributed by atoms with Gasteiger partial charge >= 0.3 is 5.97 Å². The number of carbonyl (C=O) groups excluding carboxylic acids is 1. The van der Waals surface area contributed by atoms with Crippen LogP contribution in [0.25, 0.3) is 0 Å². The summed E-state index contributed by atoms with van der Waals surface area (Å²) in [6, 6.07) is 0. The summed E-state index contributed by atoms with van der Waals surface area (Å²) in [5.41, 5.74) is 0. The van der Waals surface area contributed by atoms with Crippen molar-refractivity contribution in [3.63, 3.8) is 0 Å². The number of nitrogens with zero attached hydrogens (tertiary/aromatic N) is 2. The highest BCUT2D eigenvalue weighted by Gasteiger charge is 2.09. The third-order valence-electron chi connectivity index (χ3n) is 1.49. The van der Waals surface area contributed by atoms with E-state index in [9.17, 15) is 9.59 Å². The molecule has 16 heavy (non-hydrogen) atoms. The van der Waals surface area contributed by atoms with E-state index in [-0.39, 0.29) is 18.7 Å². The molecular weight excluding hydrogens is 250 g/mol. The second-order valence-corrected chi connectivity index (χ2v) is 5.24. The Morgan fingerprint density at radius 3 is 2.81 bits per heavy atom. The molecular formula is C8H11N3O3S2. The van der Waals surface area contributed by atoms with Crippen molar-refractivity contribution in [2.24, 2.45) is 0 Å². The number of amides is 1. The zero-order valence-electron chi connectivity index (χ0n) is 8.60. The standard InChI is InChI=1S/C8H11N3O3S2/c1-2-15-8-11-10-7(16-8)9-5(12)3-4-6(13)14/h2-4H2,1H3,(H,13,14)(H,9,10,12). The third kappa shape index (κ3) is 4.58. The van der Waals surface area contributed by atoms with Crippen LogP contribution in [0.1, 0.15) is 19.8 Å². The fourth-order valence-corrected chi connectivity index (χ4v) is 2.51. The fraction of sp³-hybridized carbons (Fsp3) is 0.500. The van der Waals surface area contributed by atoms with Crippen LogP contribution in [-0.4, -0.2) is 32.9 Å². The Labute approximate surface area is 100 Å². The average Bonchev–Trinajstić information content (AvgIpc) is 2.63. The molecule has 0 aliphatic rings. The van der Waals surface area contributed by atoms with Gasteiger partial charge in [0.2, 0.25) is 11.0 Å². The lowest BCUT2D eigenvalue weighted by molar-refractivity contribution is -0.138. The van der Waals surface area contributed by atoms with Crippen molar-refractivity contribution >= 4 is 40.1 Å². The van der Waals surface area contributed by atoms with E-state index in [0.717, 1.165) is 10.1 Å². The fourth-order valence-electron chi connectivity index (χ4n) is 0.844. The molecule has 0 spiro atoms. The summed E-state index contributed by atoms with van der Waals surface area (Å²) in [6.07, 6.45) is -0.230. The number of aliphatic carboxylic acids is 1. The molecule has 0 aromatic carbocycles. The quantitative estimate of drug-likeness (QED) is 0.595. The maximum Gasteiger partial charge on any atom is 0.303 e. The largest absolute Gasteiger partial charge is 0.481 e. The van der Waals surface area contributed by atoms with E-state index in [1.807, 2.05) is 6.92 Å². The van der Waals surface area contributed by atoms with Crippen molar-refractivity contribution in [2.45, 2.75) is 24.1 Å². The second kappa shape index (κ2) is 6.44. The van der Waals surface area contributed by atoms with Crippen molar-refractivity contribution in [3.8, 4) is 0 Å². The molecule has 6 nitrogen and oxygen atoms in total. The SMILES string of the molecule is CCSc1nnc(NC(=O)CCC(=O)O)s1. The zero-order chi connectivity index (χ0) is 12.0. The van der Waals surface area contributed by atoms with Crippen LogP contribution in [0.2, 0.25) is 0 Å². The molecule has 0 saturated heterocycles. The molecule has 1 amide bonds. The topological polar surface area (TPSA) is 92.2 Å². The van der Waals surface area contributed by atoms with Gasteiger partial charge < -0.3 is 10.4 Å². The van der Waals surface area contributed by atoms with Crippen LogP contribution in [0.5, 0.6) is 0 Å². The van der Waals surface area contributed by atoms with Crippen molar-refractivity contribution in [1.29, 1.82) is 0 Å². The van der Waals surface area contributed by atoms with Gasteiger partial charge in [0.1, 0.15) is 0 Å². The smallest absolute Gasteiger partial charge is 0.303 e. The molecule has 1 aromatic rings. The van der Waals surface area contributed by atoms with E-state index in [1.165, 1.54) is 11.3 Å². The van der Waals surface area contributed by atoms with Gasteiger partial charge in [0.05, 0.1) is 6.42 Å².